The Labute approximate surface area is 370 Å². The van der Waals surface area contributed by atoms with Crippen LogP contribution in [0.15, 0.2) is 221 Å². The normalized spacial score (nSPS) is 20.5. The Hall–Kier alpha value is -7.57. The number of amidine groups is 2. The Bertz CT molecular complexity index is 2930. The molecule has 10 rings (SSSR count). The van der Waals surface area contributed by atoms with Crippen molar-refractivity contribution in [2.75, 3.05) is 0 Å². The van der Waals surface area contributed by atoms with Crippen molar-refractivity contribution in [2.45, 2.75) is 44.7 Å². The molecule has 6 aromatic carbocycles. The van der Waals surface area contributed by atoms with E-state index < -0.39 is 5.66 Å². The smallest absolute Gasteiger partial charge is 0.163 e. The largest absolute Gasteiger partial charge is 0.342 e. The van der Waals surface area contributed by atoms with E-state index >= 15 is 0 Å². The summed E-state index contributed by atoms with van der Waals surface area (Å²) >= 11 is 0. The van der Waals surface area contributed by atoms with Gasteiger partial charge in [0.15, 0.2) is 23.1 Å². The first-order valence-corrected chi connectivity index (χ1v) is 21.8. The van der Waals surface area contributed by atoms with Crippen LogP contribution in [-0.2, 0) is 5.66 Å². The van der Waals surface area contributed by atoms with E-state index in [2.05, 4.69) is 172 Å². The van der Waals surface area contributed by atoms with Crippen molar-refractivity contribution in [3.63, 3.8) is 0 Å². The maximum atomic E-state index is 5.40. The molecule has 0 amide bonds. The molecule has 2 heterocycles. The molecule has 0 saturated carbocycles. The number of nitrogens with one attached hydrogen (secondary N) is 1. The molecular weight excluding hydrogens is 769 g/mol. The van der Waals surface area contributed by atoms with E-state index in [1.54, 1.807) is 0 Å². The third kappa shape index (κ3) is 8.16. The average molecular weight is 817 g/mol. The second-order valence-corrected chi connectivity index (χ2v) is 16.7. The molecular formula is C57H48N6. The van der Waals surface area contributed by atoms with Crippen molar-refractivity contribution in [3.05, 3.63) is 245 Å². The fourth-order valence-corrected chi connectivity index (χ4v) is 8.86. The lowest BCUT2D eigenvalue weighted by Crippen LogP contribution is -2.46. The van der Waals surface area contributed by atoms with Crippen LogP contribution in [0.4, 0.5) is 0 Å². The van der Waals surface area contributed by atoms with Crippen LogP contribution in [0.1, 0.15) is 65.7 Å². The molecule has 0 saturated heterocycles. The van der Waals surface area contributed by atoms with Crippen molar-refractivity contribution < 1.29 is 0 Å². The van der Waals surface area contributed by atoms with Gasteiger partial charge in [0.1, 0.15) is 11.7 Å². The van der Waals surface area contributed by atoms with Crippen LogP contribution in [-0.4, -0.2) is 26.6 Å². The molecule has 1 N–H and O–H groups in total. The lowest BCUT2D eigenvalue weighted by molar-refractivity contribution is 0.454. The summed E-state index contributed by atoms with van der Waals surface area (Å²) < 4.78 is 0. The van der Waals surface area contributed by atoms with Crippen LogP contribution in [0, 0.1) is 12.8 Å². The Balaban J connectivity index is 1.01. The molecule has 7 aromatic rings. The first kappa shape index (κ1) is 39.6. The predicted molar refractivity (Wildman–Crippen MR) is 257 cm³/mol. The molecule has 6 heteroatoms. The summed E-state index contributed by atoms with van der Waals surface area (Å²) in [6, 6.07) is 56.5. The molecule has 306 valence electrons. The Morgan fingerprint density at radius 2 is 1.16 bits per heavy atom. The Morgan fingerprint density at radius 3 is 1.81 bits per heavy atom. The molecule has 1 aliphatic heterocycles. The summed E-state index contributed by atoms with van der Waals surface area (Å²) in [6.45, 7) is 6.70. The van der Waals surface area contributed by atoms with Crippen molar-refractivity contribution in [3.8, 4) is 33.9 Å². The first-order chi connectivity index (χ1) is 30.9. The molecule has 4 atom stereocenters. The quantitative estimate of drug-likeness (QED) is 0.157. The molecule has 2 aliphatic carbocycles. The van der Waals surface area contributed by atoms with E-state index in [1.165, 1.54) is 22.3 Å². The number of rotatable bonds is 9. The van der Waals surface area contributed by atoms with Gasteiger partial charge in [-0.1, -0.05) is 207 Å². The van der Waals surface area contributed by atoms with Gasteiger partial charge in [0.25, 0.3) is 0 Å². The van der Waals surface area contributed by atoms with Gasteiger partial charge in [0, 0.05) is 34.1 Å². The van der Waals surface area contributed by atoms with Gasteiger partial charge in [-0.05, 0) is 65.1 Å². The molecule has 63 heavy (non-hydrogen) atoms. The predicted octanol–water partition coefficient (Wildman–Crippen LogP) is 12.7. The SMILES string of the molecule is Cc1ccc(C2(C)N=C(c3ccccc3)N=C(c3ccccc3-c3ccccc3)N2)cc1C1C=C(C2=CC(c3nc(-c4ccccc4)nc(-c4ccccc4)n3)CC=C2)C=CC1C. The van der Waals surface area contributed by atoms with Gasteiger partial charge in [-0.2, -0.15) is 0 Å². The number of aromatic nitrogens is 3. The van der Waals surface area contributed by atoms with Crippen LogP contribution >= 0.6 is 0 Å². The highest BCUT2D eigenvalue weighted by molar-refractivity contribution is 6.15. The fraction of sp³-hybridized carbons (Fsp3) is 0.140. The van der Waals surface area contributed by atoms with E-state index in [4.69, 9.17) is 24.9 Å². The molecule has 3 aliphatic rings. The second kappa shape index (κ2) is 17.1. The zero-order valence-electron chi connectivity index (χ0n) is 35.7. The fourth-order valence-electron chi connectivity index (χ4n) is 8.86. The third-order valence-electron chi connectivity index (χ3n) is 12.4. The summed E-state index contributed by atoms with van der Waals surface area (Å²) in [6.07, 6.45) is 14.7. The number of allylic oxidation sites excluding steroid dienone is 8. The maximum Gasteiger partial charge on any atom is 0.163 e. The molecule has 0 fully saturated rings. The Morgan fingerprint density at radius 1 is 0.587 bits per heavy atom. The summed E-state index contributed by atoms with van der Waals surface area (Å²) in [5, 5.41) is 3.84. The zero-order chi connectivity index (χ0) is 42.8. The summed E-state index contributed by atoms with van der Waals surface area (Å²) in [4.78, 5) is 25.7. The van der Waals surface area contributed by atoms with Crippen LogP contribution in [0.2, 0.25) is 0 Å². The number of benzene rings is 6. The zero-order valence-corrected chi connectivity index (χ0v) is 35.7. The Kier molecular flexibility index (Phi) is 10.7. The highest BCUT2D eigenvalue weighted by Crippen LogP contribution is 2.40. The van der Waals surface area contributed by atoms with E-state index in [0.29, 0.717) is 17.5 Å². The summed E-state index contributed by atoms with van der Waals surface area (Å²) in [5.41, 5.74) is 11.4. The van der Waals surface area contributed by atoms with E-state index in [9.17, 15) is 0 Å². The van der Waals surface area contributed by atoms with Crippen LogP contribution in [0.3, 0.4) is 0 Å². The van der Waals surface area contributed by atoms with Crippen LogP contribution < -0.4 is 5.32 Å². The summed E-state index contributed by atoms with van der Waals surface area (Å²) in [5.74, 6) is 4.05. The standard InChI is InChI=1S/C57H48N6/c1-38-31-33-45(44-27-18-28-46(35-44)54-59-52(41-21-10-5-11-22-41)58-53(60-54)42-23-12-6-13-24-42)36-50(38)51-37-47(34-32-39(51)2)57(3)62-55(43-25-14-7-15-26-43)61-56(63-57)49-30-17-16-29-48(49)40-19-8-4-9-20-40/h4-27,29-38,46,50H,28H2,1-3H3,(H,61,62,63). The van der Waals surface area contributed by atoms with E-state index in [-0.39, 0.29) is 17.8 Å². The number of aliphatic imine (C=N–C) groups is 2. The summed E-state index contributed by atoms with van der Waals surface area (Å²) in [7, 11) is 0. The number of nitrogens with zero attached hydrogens (tertiary/aromatic N) is 5. The molecule has 0 radical (unpaired) electrons. The number of aryl methyl sites for hydroxylation is 1. The van der Waals surface area contributed by atoms with E-state index in [0.717, 1.165) is 57.0 Å². The highest BCUT2D eigenvalue weighted by Gasteiger charge is 2.34. The highest BCUT2D eigenvalue weighted by atomic mass is 15.2. The molecule has 0 bridgehead atoms. The lowest BCUT2D eigenvalue weighted by Gasteiger charge is -2.35. The minimum Gasteiger partial charge on any atom is -0.342 e. The van der Waals surface area contributed by atoms with Gasteiger partial charge >= 0.3 is 0 Å². The van der Waals surface area contributed by atoms with Gasteiger partial charge in [-0.25, -0.2) is 24.9 Å². The van der Waals surface area contributed by atoms with Crippen LogP contribution in [0.5, 0.6) is 0 Å². The van der Waals surface area contributed by atoms with Crippen molar-refractivity contribution in [2.24, 2.45) is 15.9 Å². The van der Waals surface area contributed by atoms with Gasteiger partial charge in [-0.3, -0.25) is 0 Å². The molecule has 4 unspecified atom stereocenters. The number of hydrogen-bond donors (Lipinski definition) is 1. The van der Waals surface area contributed by atoms with E-state index in [1.807, 2.05) is 54.6 Å². The average Bonchev–Trinajstić information content (AvgIpc) is 3.35. The third-order valence-corrected chi connectivity index (χ3v) is 12.4. The van der Waals surface area contributed by atoms with Crippen molar-refractivity contribution in [1.29, 1.82) is 0 Å². The van der Waals surface area contributed by atoms with Gasteiger partial charge < -0.3 is 5.32 Å². The molecule has 0 spiro atoms. The number of hydrogen-bond acceptors (Lipinski definition) is 6. The first-order valence-electron chi connectivity index (χ1n) is 21.8. The minimum absolute atomic E-state index is 0.00744. The maximum absolute atomic E-state index is 5.40. The van der Waals surface area contributed by atoms with Gasteiger partial charge in [0.05, 0.1) is 0 Å². The molecule has 6 nitrogen and oxygen atoms in total. The van der Waals surface area contributed by atoms with Crippen molar-refractivity contribution >= 4 is 11.7 Å². The van der Waals surface area contributed by atoms with Crippen LogP contribution in [0.25, 0.3) is 33.9 Å². The lowest BCUT2D eigenvalue weighted by atomic mass is 9.77. The molecule has 1 aromatic heterocycles. The van der Waals surface area contributed by atoms with Gasteiger partial charge in [-0.15, -0.1) is 0 Å². The monoisotopic (exact) mass is 816 g/mol. The minimum atomic E-state index is -0.807. The van der Waals surface area contributed by atoms with Gasteiger partial charge in [0.2, 0.25) is 0 Å². The van der Waals surface area contributed by atoms with Crippen molar-refractivity contribution in [1.82, 2.24) is 20.3 Å². The topological polar surface area (TPSA) is 75.4 Å². The second-order valence-electron chi connectivity index (χ2n) is 16.7.